The van der Waals surface area contributed by atoms with Gasteiger partial charge in [0, 0.05) is 34.3 Å². The predicted molar refractivity (Wildman–Crippen MR) is 128 cm³/mol. The molecule has 0 N–H and O–H groups in total. The number of nitrogens with zero attached hydrogens (tertiary/aromatic N) is 4. The summed E-state index contributed by atoms with van der Waals surface area (Å²) in [5.41, 5.74) is 2.16. The van der Waals surface area contributed by atoms with Crippen molar-refractivity contribution in [3.8, 4) is 16.3 Å². The number of thiazole rings is 1. The summed E-state index contributed by atoms with van der Waals surface area (Å²) in [6.07, 6.45) is -0.332. The number of ether oxygens (including phenoxy) is 1. The van der Waals surface area contributed by atoms with Crippen LogP contribution in [0.25, 0.3) is 10.6 Å². The van der Waals surface area contributed by atoms with E-state index in [4.69, 9.17) is 32.9 Å². The molecule has 9 heteroatoms. The number of hydrogen-bond acceptors (Lipinski definition) is 6. The van der Waals surface area contributed by atoms with Gasteiger partial charge in [-0.2, -0.15) is 0 Å². The minimum absolute atomic E-state index is 0.332. The van der Waals surface area contributed by atoms with Crippen LogP contribution < -0.4 is 4.74 Å². The summed E-state index contributed by atoms with van der Waals surface area (Å²) in [5.74, 6) is 1.98. The molecule has 31 heavy (non-hydrogen) atoms. The van der Waals surface area contributed by atoms with Gasteiger partial charge in [-0.15, -0.1) is 21.5 Å². The molecule has 0 amide bonds. The van der Waals surface area contributed by atoms with Crippen molar-refractivity contribution >= 4 is 46.3 Å². The van der Waals surface area contributed by atoms with Gasteiger partial charge in [-0.1, -0.05) is 65.3 Å². The standard InChI is InChI=1S/C22H20Cl2N4OS2/c1-3-28-20(14(2)29-19-11-16(23)9-10-18(19)24)26-27-22(28)31-13-17-12-30-21(25-17)15-7-5-4-6-8-15/h4-12,14H,3,13H2,1-2H3. The monoisotopic (exact) mass is 490 g/mol. The van der Waals surface area contributed by atoms with E-state index in [1.807, 2.05) is 25.1 Å². The molecule has 0 aliphatic carbocycles. The Morgan fingerprint density at radius 3 is 2.71 bits per heavy atom. The van der Waals surface area contributed by atoms with Gasteiger partial charge in [-0.3, -0.25) is 0 Å². The third-order valence-electron chi connectivity index (χ3n) is 4.54. The van der Waals surface area contributed by atoms with Crippen LogP contribution in [-0.2, 0) is 12.3 Å². The van der Waals surface area contributed by atoms with Gasteiger partial charge in [-0.05, 0) is 26.0 Å². The highest BCUT2D eigenvalue weighted by Crippen LogP contribution is 2.33. The topological polar surface area (TPSA) is 52.8 Å². The Kier molecular flexibility index (Phi) is 7.17. The van der Waals surface area contributed by atoms with Crippen molar-refractivity contribution in [3.63, 3.8) is 0 Å². The molecule has 2 aromatic carbocycles. The average Bonchev–Trinajstić information content (AvgIpc) is 3.42. The van der Waals surface area contributed by atoms with Crippen molar-refractivity contribution in [1.82, 2.24) is 19.7 Å². The zero-order valence-corrected chi connectivity index (χ0v) is 20.1. The molecule has 160 valence electrons. The van der Waals surface area contributed by atoms with E-state index >= 15 is 0 Å². The number of thioether (sulfide) groups is 1. The summed E-state index contributed by atoms with van der Waals surface area (Å²) in [6.45, 7) is 4.72. The minimum Gasteiger partial charge on any atom is -0.481 e. The lowest BCUT2D eigenvalue weighted by molar-refractivity contribution is 0.210. The van der Waals surface area contributed by atoms with E-state index in [0.29, 0.717) is 15.8 Å². The maximum atomic E-state index is 6.23. The highest BCUT2D eigenvalue weighted by molar-refractivity contribution is 7.98. The zero-order valence-electron chi connectivity index (χ0n) is 17.0. The number of benzene rings is 2. The molecule has 1 unspecified atom stereocenters. The highest BCUT2D eigenvalue weighted by Gasteiger charge is 2.20. The molecule has 4 rings (SSSR count). The minimum atomic E-state index is -0.332. The molecule has 0 saturated heterocycles. The van der Waals surface area contributed by atoms with Crippen LogP contribution >= 0.6 is 46.3 Å². The fourth-order valence-electron chi connectivity index (χ4n) is 3.04. The Balaban J connectivity index is 1.46. The lowest BCUT2D eigenvalue weighted by Gasteiger charge is -2.16. The molecule has 0 saturated carbocycles. The van der Waals surface area contributed by atoms with Gasteiger partial charge in [-0.25, -0.2) is 4.98 Å². The normalized spacial score (nSPS) is 12.1. The lowest BCUT2D eigenvalue weighted by Crippen LogP contribution is -2.12. The molecule has 1 atom stereocenters. The van der Waals surface area contributed by atoms with Crippen LogP contribution in [0.5, 0.6) is 5.75 Å². The molecule has 0 bridgehead atoms. The van der Waals surface area contributed by atoms with Gasteiger partial charge >= 0.3 is 0 Å². The Hall–Kier alpha value is -2.06. The van der Waals surface area contributed by atoms with Crippen LogP contribution in [0.3, 0.4) is 0 Å². The Labute approximate surface area is 199 Å². The average molecular weight is 491 g/mol. The van der Waals surface area contributed by atoms with Crippen molar-refractivity contribution in [1.29, 1.82) is 0 Å². The molecule has 0 fully saturated rings. The fourth-order valence-corrected chi connectivity index (χ4v) is 5.20. The van der Waals surface area contributed by atoms with E-state index in [2.05, 4.69) is 39.2 Å². The van der Waals surface area contributed by atoms with Crippen LogP contribution in [0.4, 0.5) is 0 Å². The fraction of sp³-hybridized carbons (Fsp3) is 0.227. The summed E-state index contributed by atoms with van der Waals surface area (Å²) in [6, 6.07) is 15.4. The van der Waals surface area contributed by atoms with Crippen molar-refractivity contribution in [2.24, 2.45) is 0 Å². The second-order valence-electron chi connectivity index (χ2n) is 6.72. The third kappa shape index (κ3) is 5.23. The first-order valence-corrected chi connectivity index (χ1v) is 12.3. The molecule has 4 aromatic rings. The molecule has 2 aromatic heterocycles. The summed E-state index contributed by atoms with van der Waals surface area (Å²) >= 11 is 15.6. The first kappa shape index (κ1) is 22.1. The number of aromatic nitrogens is 4. The number of halogens is 2. The molecular formula is C22H20Cl2N4OS2. The molecule has 2 heterocycles. The highest BCUT2D eigenvalue weighted by atomic mass is 35.5. The number of rotatable bonds is 8. The van der Waals surface area contributed by atoms with Gasteiger partial charge < -0.3 is 9.30 Å². The molecule has 0 aliphatic rings. The van der Waals surface area contributed by atoms with Gasteiger partial charge in [0.2, 0.25) is 0 Å². The largest absolute Gasteiger partial charge is 0.481 e. The maximum absolute atomic E-state index is 6.23. The van der Waals surface area contributed by atoms with Gasteiger partial charge in [0.1, 0.15) is 10.8 Å². The van der Waals surface area contributed by atoms with Crippen molar-refractivity contribution in [2.75, 3.05) is 0 Å². The maximum Gasteiger partial charge on any atom is 0.191 e. The van der Waals surface area contributed by atoms with E-state index in [1.54, 1.807) is 41.3 Å². The molecular weight excluding hydrogens is 471 g/mol. The van der Waals surface area contributed by atoms with E-state index in [-0.39, 0.29) is 6.10 Å². The van der Waals surface area contributed by atoms with Gasteiger partial charge in [0.15, 0.2) is 17.1 Å². The van der Waals surface area contributed by atoms with E-state index in [1.165, 1.54) is 0 Å². The second-order valence-corrected chi connectivity index (χ2v) is 9.36. The van der Waals surface area contributed by atoms with Crippen LogP contribution in [0.15, 0.2) is 59.1 Å². The Morgan fingerprint density at radius 1 is 1.13 bits per heavy atom. The summed E-state index contributed by atoms with van der Waals surface area (Å²) in [5, 5.41) is 13.8. The SMILES string of the molecule is CCn1c(SCc2csc(-c3ccccc3)n2)nnc1C(C)Oc1cc(Cl)ccc1Cl. The zero-order chi connectivity index (χ0) is 21.8. The predicted octanol–water partition coefficient (Wildman–Crippen LogP) is 7.16. The van der Waals surface area contributed by atoms with Crippen molar-refractivity contribution < 1.29 is 4.74 Å². The van der Waals surface area contributed by atoms with Crippen molar-refractivity contribution in [2.45, 2.75) is 37.4 Å². The van der Waals surface area contributed by atoms with Gasteiger partial charge in [0.05, 0.1) is 10.7 Å². The Bertz CT molecular complexity index is 1160. The summed E-state index contributed by atoms with van der Waals surface area (Å²) in [7, 11) is 0. The molecule has 5 nitrogen and oxygen atoms in total. The Morgan fingerprint density at radius 2 is 1.94 bits per heavy atom. The second kappa shape index (κ2) is 10.0. The van der Waals surface area contributed by atoms with Crippen LogP contribution in [0.1, 0.15) is 31.5 Å². The van der Waals surface area contributed by atoms with Crippen molar-refractivity contribution in [3.05, 3.63) is 75.5 Å². The quantitative estimate of drug-likeness (QED) is 0.245. The summed E-state index contributed by atoms with van der Waals surface area (Å²) in [4.78, 5) is 4.76. The smallest absolute Gasteiger partial charge is 0.191 e. The molecule has 0 spiro atoms. The van der Waals surface area contributed by atoms with E-state index in [0.717, 1.165) is 39.5 Å². The first-order valence-electron chi connectivity index (χ1n) is 9.72. The van der Waals surface area contributed by atoms with E-state index < -0.39 is 0 Å². The lowest BCUT2D eigenvalue weighted by atomic mass is 10.2. The van der Waals surface area contributed by atoms with Gasteiger partial charge in [0.25, 0.3) is 0 Å². The summed E-state index contributed by atoms with van der Waals surface area (Å²) < 4.78 is 8.08. The molecule has 0 radical (unpaired) electrons. The number of hydrogen-bond donors (Lipinski definition) is 0. The molecule has 0 aliphatic heterocycles. The van der Waals surface area contributed by atoms with Crippen LogP contribution in [0, 0.1) is 0 Å². The first-order chi connectivity index (χ1) is 15.0. The van der Waals surface area contributed by atoms with Crippen LogP contribution in [-0.4, -0.2) is 19.7 Å². The van der Waals surface area contributed by atoms with Crippen LogP contribution in [0.2, 0.25) is 10.0 Å². The third-order valence-corrected chi connectivity index (χ3v) is 7.03. The van der Waals surface area contributed by atoms with E-state index in [9.17, 15) is 0 Å².